The minimum atomic E-state index is -4.68. The van der Waals surface area contributed by atoms with Crippen molar-refractivity contribution in [2.45, 2.75) is 32.0 Å². The zero-order chi connectivity index (χ0) is 25.2. The van der Waals surface area contributed by atoms with E-state index in [4.69, 9.17) is 16.3 Å². The molecule has 3 aromatic rings. The Kier molecular flexibility index (Phi) is 7.15. The van der Waals surface area contributed by atoms with Crippen molar-refractivity contribution in [1.29, 1.82) is 0 Å². The molecule has 0 saturated heterocycles. The molecule has 1 N–H and O–H groups in total. The monoisotopic (exact) mass is 506 g/mol. The average Bonchev–Trinajstić information content (AvgIpc) is 3.15. The highest BCUT2D eigenvalue weighted by molar-refractivity contribution is 6.30. The number of aromatic nitrogens is 1. The molecule has 2 aromatic carbocycles. The second-order valence-electron chi connectivity index (χ2n) is 9.06. The first-order chi connectivity index (χ1) is 16.6. The maximum Gasteiger partial charge on any atom is 0.431 e. The number of carbonyl (C=O) groups excluding carboxylic acids is 1. The van der Waals surface area contributed by atoms with E-state index >= 15 is 0 Å². The van der Waals surface area contributed by atoms with Gasteiger partial charge in [-0.2, -0.15) is 13.2 Å². The summed E-state index contributed by atoms with van der Waals surface area (Å²) in [4.78, 5) is 14.4. The molecule has 0 spiro atoms. The highest BCUT2D eigenvalue weighted by Gasteiger charge is 2.40. The van der Waals surface area contributed by atoms with Crippen LogP contribution in [0.25, 0.3) is 11.1 Å². The molecular weight excluding hydrogens is 481 g/mol. The molecule has 1 saturated carbocycles. The van der Waals surface area contributed by atoms with E-state index < -0.39 is 23.4 Å². The van der Waals surface area contributed by atoms with E-state index in [0.29, 0.717) is 16.1 Å². The molecule has 4 rings (SSSR count). The molecule has 1 fully saturated rings. The van der Waals surface area contributed by atoms with Crippen LogP contribution in [0.1, 0.15) is 30.5 Å². The number of hydrogen-bond donors (Lipinski definition) is 1. The fourth-order valence-electron chi connectivity index (χ4n) is 4.41. The van der Waals surface area contributed by atoms with Crippen LogP contribution in [0.5, 0.6) is 5.88 Å². The second-order valence-corrected chi connectivity index (χ2v) is 9.50. The van der Waals surface area contributed by atoms with Crippen LogP contribution in [-0.2, 0) is 12.7 Å². The van der Waals surface area contributed by atoms with Crippen molar-refractivity contribution >= 4 is 17.7 Å². The SMILES string of the molecule is CN(CC1(CO)CCC1)C(=O)Oc1c(-c2ccc(Cl)cc2)cc(C(F)(F)F)n1Cc1ccccc1. The maximum absolute atomic E-state index is 14.1. The zero-order valence-electron chi connectivity index (χ0n) is 19.2. The van der Waals surface area contributed by atoms with Crippen LogP contribution >= 0.6 is 11.6 Å². The minimum Gasteiger partial charge on any atom is -0.396 e. The summed E-state index contributed by atoms with van der Waals surface area (Å²) in [5, 5.41) is 10.2. The second kappa shape index (κ2) is 9.95. The molecule has 186 valence electrons. The third-order valence-corrected chi connectivity index (χ3v) is 6.75. The van der Waals surface area contributed by atoms with Gasteiger partial charge in [0.2, 0.25) is 5.88 Å². The molecule has 9 heteroatoms. The first kappa shape index (κ1) is 25.1. The lowest BCUT2D eigenvalue weighted by Crippen LogP contribution is -2.46. The lowest BCUT2D eigenvalue weighted by Gasteiger charge is -2.42. The van der Waals surface area contributed by atoms with Crippen LogP contribution < -0.4 is 4.74 Å². The Morgan fingerprint density at radius 2 is 1.80 bits per heavy atom. The van der Waals surface area contributed by atoms with E-state index in [1.54, 1.807) is 54.6 Å². The van der Waals surface area contributed by atoms with Crippen LogP contribution in [0, 0.1) is 5.41 Å². The Labute approximate surface area is 206 Å². The molecule has 35 heavy (non-hydrogen) atoms. The van der Waals surface area contributed by atoms with Crippen molar-refractivity contribution in [3.05, 3.63) is 76.9 Å². The zero-order valence-corrected chi connectivity index (χ0v) is 19.9. The van der Waals surface area contributed by atoms with Crippen molar-refractivity contribution in [2.75, 3.05) is 20.2 Å². The minimum absolute atomic E-state index is 0.0662. The molecule has 0 atom stereocenters. The number of rotatable bonds is 7. The van der Waals surface area contributed by atoms with Gasteiger partial charge in [0.25, 0.3) is 0 Å². The van der Waals surface area contributed by atoms with Gasteiger partial charge in [0.15, 0.2) is 0 Å². The van der Waals surface area contributed by atoms with Gasteiger partial charge in [-0.15, -0.1) is 0 Å². The maximum atomic E-state index is 14.1. The van der Waals surface area contributed by atoms with Crippen molar-refractivity contribution in [2.24, 2.45) is 5.41 Å². The Bertz CT molecular complexity index is 1170. The highest BCUT2D eigenvalue weighted by atomic mass is 35.5. The van der Waals surface area contributed by atoms with E-state index in [-0.39, 0.29) is 31.1 Å². The fourth-order valence-corrected chi connectivity index (χ4v) is 4.53. The molecule has 1 amide bonds. The number of amides is 1. The smallest absolute Gasteiger partial charge is 0.396 e. The number of benzene rings is 2. The van der Waals surface area contributed by atoms with Crippen LogP contribution in [0.15, 0.2) is 60.7 Å². The lowest BCUT2D eigenvalue weighted by atomic mass is 9.69. The van der Waals surface area contributed by atoms with Crippen LogP contribution in [0.4, 0.5) is 18.0 Å². The Morgan fingerprint density at radius 3 is 2.34 bits per heavy atom. The molecule has 0 unspecified atom stereocenters. The lowest BCUT2D eigenvalue weighted by molar-refractivity contribution is -0.143. The summed E-state index contributed by atoms with van der Waals surface area (Å²) < 4.78 is 49.0. The van der Waals surface area contributed by atoms with E-state index in [1.165, 1.54) is 11.9 Å². The quantitative estimate of drug-likeness (QED) is 0.399. The van der Waals surface area contributed by atoms with E-state index in [0.717, 1.165) is 29.9 Å². The van der Waals surface area contributed by atoms with Gasteiger partial charge in [-0.05, 0) is 42.2 Å². The third kappa shape index (κ3) is 5.49. The summed E-state index contributed by atoms with van der Waals surface area (Å²) in [5.74, 6) is -0.202. The van der Waals surface area contributed by atoms with Crippen molar-refractivity contribution in [1.82, 2.24) is 9.47 Å². The standard InChI is InChI=1S/C26H26ClF3N2O3/c1-31(16-25(17-33)12-5-13-25)24(34)35-23-21(19-8-10-20(27)11-9-19)14-22(26(28,29)30)32(23)15-18-6-3-2-4-7-18/h2-4,6-11,14,33H,5,12-13,15-17H2,1H3. The van der Waals surface area contributed by atoms with Gasteiger partial charge in [-0.25, -0.2) is 4.79 Å². The average molecular weight is 507 g/mol. The molecular formula is C26H26ClF3N2O3. The third-order valence-electron chi connectivity index (χ3n) is 6.49. The molecule has 1 heterocycles. The topological polar surface area (TPSA) is 54.7 Å². The number of alkyl halides is 3. The van der Waals surface area contributed by atoms with Gasteiger partial charge in [0, 0.05) is 29.6 Å². The molecule has 1 aliphatic rings. The van der Waals surface area contributed by atoms with Gasteiger partial charge in [-0.1, -0.05) is 60.5 Å². The van der Waals surface area contributed by atoms with Gasteiger partial charge in [0.05, 0.1) is 13.2 Å². The number of halogens is 4. The van der Waals surface area contributed by atoms with Gasteiger partial charge < -0.3 is 19.3 Å². The van der Waals surface area contributed by atoms with Crippen LogP contribution in [-0.4, -0.2) is 40.9 Å². The van der Waals surface area contributed by atoms with Crippen molar-refractivity contribution < 1.29 is 27.8 Å². The first-order valence-electron chi connectivity index (χ1n) is 11.3. The molecule has 0 bridgehead atoms. The Balaban J connectivity index is 1.76. The number of hydrogen-bond acceptors (Lipinski definition) is 3. The predicted octanol–water partition coefficient (Wildman–Crippen LogP) is 6.47. The van der Waals surface area contributed by atoms with Crippen molar-refractivity contribution in [3.63, 3.8) is 0 Å². The Hall–Kier alpha value is -2.97. The van der Waals surface area contributed by atoms with Crippen LogP contribution in [0.3, 0.4) is 0 Å². The summed E-state index contributed by atoms with van der Waals surface area (Å²) in [7, 11) is 1.52. The molecule has 5 nitrogen and oxygen atoms in total. The largest absolute Gasteiger partial charge is 0.431 e. The molecule has 1 aliphatic carbocycles. The van der Waals surface area contributed by atoms with Gasteiger partial charge in [0.1, 0.15) is 5.69 Å². The molecule has 0 aliphatic heterocycles. The van der Waals surface area contributed by atoms with Crippen molar-refractivity contribution in [3.8, 4) is 17.0 Å². The van der Waals surface area contributed by atoms with Gasteiger partial charge >= 0.3 is 12.3 Å². The van der Waals surface area contributed by atoms with Gasteiger partial charge in [-0.3, -0.25) is 0 Å². The first-order valence-corrected chi connectivity index (χ1v) is 11.6. The summed E-state index contributed by atoms with van der Waals surface area (Å²) in [5.41, 5.74) is -0.135. The number of ether oxygens (including phenoxy) is 1. The van der Waals surface area contributed by atoms with Crippen LogP contribution in [0.2, 0.25) is 5.02 Å². The summed E-state index contributed by atoms with van der Waals surface area (Å²) in [6, 6.07) is 16.0. The number of aliphatic hydroxyl groups excluding tert-OH is 1. The number of carbonyl (C=O) groups is 1. The summed E-state index contributed by atoms with van der Waals surface area (Å²) in [6.07, 6.45) is -2.96. The molecule has 0 radical (unpaired) electrons. The van der Waals surface area contributed by atoms with E-state index in [9.17, 15) is 23.1 Å². The number of aliphatic hydroxyl groups is 1. The highest BCUT2D eigenvalue weighted by Crippen LogP contribution is 2.43. The van der Waals surface area contributed by atoms with E-state index in [2.05, 4.69) is 0 Å². The number of nitrogens with zero attached hydrogens (tertiary/aromatic N) is 2. The summed E-state index contributed by atoms with van der Waals surface area (Å²) in [6.45, 7) is 0.0452. The van der Waals surface area contributed by atoms with E-state index in [1.807, 2.05) is 0 Å². The fraction of sp³-hybridized carbons (Fsp3) is 0.346. The Morgan fingerprint density at radius 1 is 1.14 bits per heavy atom. The predicted molar refractivity (Wildman–Crippen MR) is 127 cm³/mol. The normalized spacial score (nSPS) is 14.9. The summed E-state index contributed by atoms with van der Waals surface area (Å²) >= 11 is 5.98. The molecule has 1 aromatic heterocycles.